The highest BCUT2D eigenvalue weighted by Crippen LogP contribution is 2.26. The van der Waals surface area contributed by atoms with Crippen molar-refractivity contribution in [2.24, 2.45) is 0 Å². The van der Waals surface area contributed by atoms with Gasteiger partial charge in [-0.1, -0.05) is 23.2 Å². The number of hydrogen-bond donors (Lipinski definition) is 2. The smallest absolute Gasteiger partial charge is 0.261 e. The Kier molecular flexibility index (Phi) is 5.21. The second-order valence-electron chi connectivity index (χ2n) is 5.06. The molecule has 0 bridgehead atoms. The standard InChI is InChI=1S/C15H16Cl2N2O2S/c1-10(2)18-11-3-5-12(6-4-11)19-22(20,21)13-7-8-14(16)15(17)9-13/h3-10,18-19H,1-2H3. The van der Waals surface area contributed by atoms with E-state index in [1.54, 1.807) is 12.1 Å². The fourth-order valence-electron chi connectivity index (χ4n) is 1.83. The lowest BCUT2D eigenvalue weighted by Crippen LogP contribution is -2.13. The summed E-state index contributed by atoms with van der Waals surface area (Å²) in [7, 11) is -3.70. The van der Waals surface area contributed by atoms with Crippen molar-refractivity contribution in [1.29, 1.82) is 0 Å². The van der Waals surface area contributed by atoms with Gasteiger partial charge in [-0.2, -0.15) is 0 Å². The van der Waals surface area contributed by atoms with Crippen molar-refractivity contribution in [2.45, 2.75) is 24.8 Å². The topological polar surface area (TPSA) is 58.2 Å². The van der Waals surface area contributed by atoms with Crippen LogP contribution >= 0.6 is 23.2 Å². The van der Waals surface area contributed by atoms with Gasteiger partial charge < -0.3 is 5.32 Å². The molecule has 22 heavy (non-hydrogen) atoms. The zero-order valence-corrected chi connectivity index (χ0v) is 14.4. The van der Waals surface area contributed by atoms with E-state index in [4.69, 9.17) is 23.2 Å². The molecule has 0 fully saturated rings. The molecule has 7 heteroatoms. The minimum atomic E-state index is -3.70. The first-order chi connectivity index (χ1) is 10.3. The maximum absolute atomic E-state index is 12.3. The van der Waals surface area contributed by atoms with E-state index in [-0.39, 0.29) is 9.92 Å². The van der Waals surface area contributed by atoms with Crippen LogP contribution in [0.15, 0.2) is 47.4 Å². The molecule has 2 aromatic rings. The zero-order valence-electron chi connectivity index (χ0n) is 12.1. The minimum absolute atomic E-state index is 0.0614. The van der Waals surface area contributed by atoms with E-state index in [0.717, 1.165) is 5.69 Å². The maximum atomic E-state index is 12.3. The summed E-state index contributed by atoms with van der Waals surface area (Å²) < 4.78 is 27.1. The maximum Gasteiger partial charge on any atom is 0.261 e. The van der Waals surface area contributed by atoms with Gasteiger partial charge in [-0.25, -0.2) is 8.42 Å². The molecule has 0 atom stereocenters. The van der Waals surface area contributed by atoms with Gasteiger partial charge in [0.25, 0.3) is 10.0 Å². The normalized spacial score (nSPS) is 11.5. The van der Waals surface area contributed by atoms with Crippen LogP contribution in [-0.4, -0.2) is 14.5 Å². The molecule has 0 saturated carbocycles. The molecule has 0 unspecified atom stereocenters. The summed E-state index contributed by atoms with van der Waals surface area (Å²) in [4.78, 5) is 0.0614. The van der Waals surface area contributed by atoms with Crippen LogP contribution in [0.1, 0.15) is 13.8 Å². The third-order valence-electron chi connectivity index (χ3n) is 2.79. The van der Waals surface area contributed by atoms with Gasteiger partial charge in [0.2, 0.25) is 0 Å². The molecule has 0 saturated heterocycles. The van der Waals surface area contributed by atoms with Gasteiger partial charge in [0, 0.05) is 17.4 Å². The van der Waals surface area contributed by atoms with E-state index in [0.29, 0.717) is 16.8 Å². The lowest BCUT2D eigenvalue weighted by atomic mass is 10.2. The van der Waals surface area contributed by atoms with Crippen LogP contribution in [0.2, 0.25) is 10.0 Å². The molecule has 0 amide bonds. The predicted octanol–water partition coefficient (Wildman–Crippen LogP) is 4.61. The van der Waals surface area contributed by atoms with Crippen molar-refractivity contribution >= 4 is 44.6 Å². The molecule has 118 valence electrons. The van der Waals surface area contributed by atoms with Crippen LogP contribution < -0.4 is 10.0 Å². The van der Waals surface area contributed by atoms with Crippen LogP contribution in [0.3, 0.4) is 0 Å². The number of benzene rings is 2. The Hall–Kier alpha value is -1.43. The molecule has 2 N–H and O–H groups in total. The number of anilines is 2. The first-order valence-corrected chi connectivity index (χ1v) is 8.86. The number of nitrogens with one attached hydrogen (secondary N) is 2. The minimum Gasteiger partial charge on any atom is -0.383 e. The summed E-state index contributed by atoms with van der Waals surface area (Å²) >= 11 is 11.7. The Balaban J connectivity index is 2.19. The largest absolute Gasteiger partial charge is 0.383 e. The van der Waals surface area contributed by atoms with Crippen LogP contribution in [0.5, 0.6) is 0 Å². The van der Waals surface area contributed by atoms with Crippen LogP contribution in [0.4, 0.5) is 11.4 Å². The molecular formula is C15H16Cl2N2O2S. The van der Waals surface area contributed by atoms with Gasteiger partial charge in [-0.05, 0) is 56.3 Å². The van der Waals surface area contributed by atoms with Crippen molar-refractivity contribution < 1.29 is 8.42 Å². The lowest BCUT2D eigenvalue weighted by molar-refractivity contribution is 0.601. The van der Waals surface area contributed by atoms with Crippen molar-refractivity contribution in [3.8, 4) is 0 Å². The predicted molar refractivity (Wildman–Crippen MR) is 92.5 cm³/mol. The summed E-state index contributed by atoms with van der Waals surface area (Å²) in [5.74, 6) is 0. The third-order valence-corrected chi connectivity index (χ3v) is 4.91. The summed E-state index contributed by atoms with van der Waals surface area (Å²) in [6.45, 7) is 4.06. The Bertz CT molecular complexity index is 760. The van der Waals surface area contributed by atoms with E-state index in [9.17, 15) is 8.42 Å². The summed E-state index contributed by atoms with van der Waals surface area (Å²) in [5.41, 5.74) is 1.40. The van der Waals surface area contributed by atoms with Crippen molar-refractivity contribution in [3.63, 3.8) is 0 Å². The van der Waals surface area contributed by atoms with E-state index >= 15 is 0 Å². The summed E-state index contributed by atoms with van der Waals surface area (Å²) in [6, 6.07) is 11.5. The van der Waals surface area contributed by atoms with Crippen molar-refractivity contribution in [3.05, 3.63) is 52.5 Å². The molecular weight excluding hydrogens is 343 g/mol. The lowest BCUT2D eigenvalue weighted by Gasteiger charge is -2.12. The molecule has 0 aliphatic carbocycles. The van der Waals surface area contributed by atoms with E-state index in [1.165, 1.54) is 18.2 Å². The van der Waals surface area contributed by atoms with Crippen LogP contribution in [-0.2, 0) is 10.0 Å². The van der Waals surface area contributed by atoms with Gasteiger partial charge in [0.15, 0.2) is 0 Å². The van der Waals surface area contributed by atoms with Gasteiger partial charge in [0.1, 0.15) is 0 Å². The average Bonchev–Trinajstić information content (AvgIpc) is 2.43. The van der Waals surface area contributed by atoms with Crippen molar-refractivity contribution in [1.82, 2.24) is 0 Å². The van der Waals surface area contributed by atoms with Crippen LogP contribution in [0, 0.1) is 0 Å². The molecule has 2 rings (SSSR count). The van der Waals surface area contributed by atoms with Gasteiger partial charge in [-0.15, -0.1) is 0 Å². The average molecular weight is 359 g/mol. The first-order valence-electron chi connectivity index (χ1n) is 6.62. The van der Waals surface area contributed by atoms with Gasteiger partial charge >= 0.3 is 0 Å². The first kappa shape index (κ1) is 16.9. The van der Waals surface area contributed by atoms with Gasteiger partial charge in [0.05, 0.1) is 14.9 Å². The molecule has 0 aliphatic rings. The summed E-state index contributed by atoms with van der Waals surface area (Å²) in [6.07, 6.45) is 0. The number of rotatable bonds is 5. The van der Waals surface area contributed by atoms with Crippen molar-refractivity contribution in [2.75, 3.05) is 10.0 Å². The Morgan fingerprint density at radius 1 is 0.909 bits per heavy atom. The fraction of sp³-hybridized carbons (Fsp3) is 0.200. The third kappa shape index (κ3) is 4.29. The van der Waals surface area contributed by atoms with Gasteiger partial charge in [-0.3, -0.25) is 4.72 Å². The van der Waals surface area contributed by atoms with E-state index in [1.807, 2.05) is 26.0 Å². The second-order valence-corrected chi connectivity index (χ2v) is 7.55. The highest BCUT2D eigenvalue weighted by molar-refractivity contribution is 7.92. The molecule has 2 aromatic carbocycles. The Morgan fingerprint density at radius 2 is 1.50 bits per heavy atom. The SMILES string of the molecule is CC(C)Nc1ccc(NS(=O)(=O)c2ccc(Cl)c(Cl)c2)cc1. The zero-order chi connectivity index (χ0) is 16.3. The highest BCUT2D eigenvalue weighted by atomic mass is 35.5. The monoisotopic (exact) mass is 358 g/mol. The summed E-state index contributed by atoms with van der Waals surface area (Å²) in [5, 5.41) is 3.74. The number of halogens is 2. The molecule has 0 spiro atoms. The molecule has 0 aromatic heterocycles. The Labute approximate surface area is 140 Å². The highest BCUT2D eigenvalue weighted by Gasteiger charge is 2.15. The molecule has 0 heterocycles. The Morgan fingerprint density at radius 3 is 2.05 bits per heavy atom. The van der Waals surface area contributed by atoms with Crippen LogP contribution in [0.25, 0.3) is 0 Å². The van der Waals surface area contributed by atoms with E-state index in [2.05, 4.69) is 10.0 Å². The molecule has 4 nitrogen and oxygen atoms in total. The van der Waals surface area contributed by atoms with E-state index < -0.39 is 10.0 Å². The quantitative estimate of drug-likeness (QED) is 0.819. The number of hydrogen-bond acceptors (Lipinski definition) is 3. The number of sulfonamides is 1. The molecule has 0 radical (unpaired) electrons. The second kappa shape index (κ2) is 6.77. The molecule has 0 aliphatic heterocycles. The fourth-order valence-corrected chi connectivity index (χ4v) is 3.27.